The number of allylic oxidation sites excluding steroid dienone is 1. The fourth-order valence-corrected chi connectivity index (χ4v) is 2.46. The highest BCUT2D eigenvalue weighted by Gasteiger charge is 2.13. The summed E-state index contributed by atoms with van der Waals surface area (Å²) >= 11 is 0. The lowest BCUT2D eigenvalue weighted by molar-refractivity contribution is 0.642. The molecule has 0 aliphatic carbocycles. The summed E-state index contributed by atoms with van der Waals surface area (Å²) in [5, 5.41) is 1.37. The highest BCUT2D eigenvalue weighted by Crippen LogP contribution is 2.52. The molecule has 1 rings (SSSR count). The molecule has 2 heteroatoms. The summed E-state index contributed by atoms with van der Waals surface area (Å²) < 4.78 is 32.0. The van der Waals surface area contributed by atoms with Crippen molar-refractivity contribution in [3.63, 3.8) is 0 Å². The molecule has 14 heavy (non-hydrogen) atoms. The lowest BCUT2D eigenvalue weighted by atomic mass is 10.2. The van der Waals surface area contributed by atoms with Crippen molar-refractivity contribution in [2.75, 3.05) is 0 Å². The van der Waals surface area contributed by atoms with E-state index >= 15 is 0 Å². The third kappa shape index (κ3) is 2.89. The van der Waals surface area contributed by atoms with Crippen LogP contribution in [0, 0.1) is 13.2 Å². The van der Waals surface area contributed by atoms with Gasteiger partial charge in [0.2, 0.25) is 0 Å². The molecule has 0 spiro atoms. The van der Waals surface area contributed by atoms with Crippen molar-refractivity contribution in [1.29, 1.82) is 0 Å². The van der Waals surface area contributed by atoms with E-state index in [1.165, 1.54) is 12.3 Å². The quantitative estimate of drug-likeness (QED) is 0.773. The molecule has 1 atom stereocenters. The molecule has 0 saturated heterocycles. The van der Waals surface area contributed by atoms with E-state index in [0.717, 1.165) is 5.56 Å². The maximum absolute atomic E-state index is 10.3. The van der Waals surface area contributed by atoms with E-state index in [4.69, 9.17) is 4.11 Å². The summed E-state index contributed by atoms with van der Waals surface area (Å²) in [6.45, 7) is 1.26. The van der Waals surface area contributed by atoms with Gasteiger partial charge in [0, 0.05) is 15.3 Å². The van der Waals surface area contributed by atoms with Gasteiger partial charge >= 0.3 is 0 Å². The summed E-state index contributed by atoms with van der Waals surface area (Å²) in [6.07, 6.45) is 3.74. The lowest BCUT2D eigenvalue weighted by Gasteiger charge is -2.26. The van der Waals surface area contributed by atoms with Crippen LogP contribution in [0.1, 0.15) is 23.5 Å². The number of hydrogen-bond donors (Lipinski definition) is 1. The second kappa shape index (κ2) is 4.20. The molecule has 0 amide bonds. The zero-order valence-corrected chi connectivity index (χ0v) is 9.27. The van der Waals surface area contributed by atoms with Crippen molar-refractivity contribution < 1.29 is 8.67 Å². The Bertz CT molecular complexity index is 418. The molecule has 0 saturated carbocycles. The predicted molar refractivity (Wildman–Crippen MR) is 64.5 cm³/mol. The van der Waals surface area contributed by atoms with E-state index in [0.29, 0.717) is 4.90 Å². The monoisotopic (exact) mass is 212 g/mol. The second-order valence-corrected chi connectivity index (χ2v) is 5.58. The van der Waals surface area contributed by atoms with E-state index in [1.807, 2.05) is 19.1 Å². The topological polar surface area (TPSA) is 20.2 Å². The Kier molecular flexibility index (Phi) is 2.26. The molecule has 0 fully saturated rings. The smallest absolute Gasteiger partial charge is 0.0276 e. The van der Waals surface area contributed by atoms with Gasteiger partial charge in [-0.3, -0.25) is 0 Å². The van der Waals surface area contributed by atoms with Crippen LogP contribution >= 0.6 is 10.3 Å². The molecule has 1 aromatic carbocycles. The van der Waals surface area contributed by atoms with E-state index in [-0.39, 0.29) is 5.57 Å². The average molecular weight is 212 g/mol. The van der Waals surface area contributed by atoms with Gasteiger partial charge < -0.3 is 4.55 Å². The van der Waals surface area contributed by atoms with Crippen LogP contribution in [0.15, 0.2) is 40.1 Å². The minimum absolute atomic E-state index is 0.172. The summed E-state index contributed by atoms with van der Waals surface area (Å²) in [5.74, 6) is 0. The zero-order valence-electron chi connectivity index (χ0n) is 11.4. The van der Waals surface area contributed by atoms with Crippen LogP contribution < -0.4 is 0 Å². The number of hydrogen-bond acceptors (Lipinski definition) is 1. The van der Waals surface area contributed by atoms with Crippen molar-refractivity contribution in [1.82, 2.24) is 0 Å². The second-order valence-electron chi connectivity index (χ2n) is 3.37. The van der Waals surface area contributed by atoms with Gasteiger partial charge in [-0.25, -0.2) is 0 Å². The van der Waals surface area contributed by atoms with Crippen molar-refractivity contribution in [3.8, 4) is 0 Å². The Morgan fingerprint density at radius 3 is 2.57 bits per heavy atom. The van der Waals surface area contributed by atoms with Crippen molar-refractivity contribution in [3.05, 3.63) is 47.1 Å². The first-order valence-electron chi connectivity index (χ1n) is 5.77. The van der Waals surface area contributed by atoms with Crippen molar-refractivity contribution >= 4 is 10.3 Å². The van der Waals surface area contributed by atoms with Crippen LogP contribution in [0.4, 0.5) is 0 Å². The molecule has 0 aromatic heterocycles. The summed E-state index contributed by atoms with van der Waals surface area (Å²) in [7, 11) is -2.43. The van der Waals surface area contributed by atoms with Crippen LogP contribution in [0.5, 0.6) is 0 Å². The van der Waals surface area contributed by atoms with Crippen LogP contribution in [0.2, 0.25) is 0 Å². The Hall–Kier alpha value is -0.730. The molecule has 1 radical (unpaired) electrons. The van der Waals surface area contributed by atoms with Crippen molar-refractivity contribution in [2.24, 2.45) is 0 Å². The molecule has 1 unspecified atom stereocenters. The molecule has 1 N–H and O–H groups in total. The third-order valence-corrected chi connectivity index (χ3v) is 3.63. The van der Waals surface area contributed by atoms with Crippen LogP contribution in [0.25, 0.3) is 0 Å². The van der Waals surface area contributed by atoms with Crippen LogP contribution in [-0.4, -0.2) is 4.55 Å². The number of rotatable bonds is 2. The minimum Gasteiger partial charge on any atom is -0.343 e. The van der Waals surface area contributed by atoms with Gasteiger partial charge in [0.1, 0.15) is 0 Å². The van der Waals surface area contributed by atoms with E-state index in [9.17, 15) is 4.55 Å². The normalized spacial score (nSPS) is 22.9. The third-order valence-electron chi connectivity index (χ3n) is 1.80. The molecule has 0 aliphatic heterocycles. The summed E-state index contributed by atoms with van der Waals surface area (Å²) in [4.78, 5) is 0.659. The molecular formula is C12H17OS. The highest BCUT2D eigenvalue weighted by molar-refractivity contribution is 8.32. The standard InChI is InChI=1S/C12H17OS/c1-10(2)9-14(4,13)12-7-5-11(3)6-8-12/h5-9,13H,4H2,1-3H3/i1D3. The molecule has 1 nitrogen and oxygen atoms in total. The maximum atomic E-state index is 10.3. The fraction of sp³-hybridized carbons (Fsp3) is 0.250. The van der Waals surface area contributed by atoms with Gasteiger partial charge in [-0.05, 0) is 38.2 Å². The number of aryl methyl sites for hydroxylation is 1. The van der Waals surface area contributed by atoms with Gasteiger partial charge in [0.05, 0.1) is 0 Å². The van der Waals surface area contributed by atoms with Crippen LogP contribution in [-0.2, 0) is 0 Å². The molecule has 77 valence electrons. The fourth-order valence-electron chi connectivity index (χ4n) is 1.13. The maximum Gasteiger partial charge on any atom is 0.0276 e. The Morgan fingerprint density at radius 2 is 2.07 bits per heavy atom. The highest BCUT2D eigenvalue weighted by atomic mass is 32.3. The minimum atomic E-state index is -2.43. The summed E-state index contributed by atoms with van der Waals surface area (Å²) in [5.41, 5.74) is 1.26. The van der Waals surface area contributed by atoms with E-state index < -0.39 is 17.2 Å². The Morgan fingerprint density at radius 1 is 1.50 bits per heavy atom. The first kappa shape index (κ1) is 7.55. The molecular weight excluding hydrogens is 192 g/mol. The van der Waals surface area contributed by atoms with E-state index in [1.54, 1.807) is 12.1 Å². The first-order chi connectivity index (χ1) is 7.63. The van der Waals surface area contributed by atoms with Crippen molar-refractivity contribution in [2.45, 2.75) is 25.6 Å². The molecule has 0 aliphatic rings. The largest absolute Gasteiger partial charge is 0.343 e. The van der Waals surface area contributed by atoms with Crippen LogP contribution in [0.3, 0.4) is 0 Å². The first-order valence-corrected chi connectivity index (χ1v) is 6.09. The number of benzene rings is 1. The van der Waals surface area contributed by atoms with Gasteiger partial charge in [-0.15, -0.1) is 0 Å². The molecule has 1 aromatic rings. The van der Waals surface area contributed by atoms with E-state index in [2.05, 4.69) is 6.26 Å². The Labute approximate surface area is 92.2 Å². The lowest BCUT2D eigenvalue weighted by Crippen LogP contribution is -1.91. The van der Waals surface area contributed by atoms with Gasteiger partial charge in [-0.1, -0.05) is 33.6 Å². The molecule has 0 bridgehead atoms. The SMILES string of the molecule is [2H]C([2H])([2H])C(C)=CS([CH2])(O)c1ccc(C)cc1. The average Bonchev–Trinajstić information content (AvgIpc) is 2.16. The molecule has 0 heterocycles. The van der Waals surface area contributed by atoms with Gasteiger partial charge in [0.15, 0.2) is 0 Å². The summed E-state index contributed by atoms with van der Waals surface area (Å²) in [6, 6.07) is 7.30. The van der Waals surface area contributed by atoms with Gasteiger partial charge in [-0.2, -0.15) is 0 Å². The zero-order chi connectivity index (χ0) is 13.3. The Balaban J connectivity index is 3.07. The predicted octanol–water partition coefficient (Wildman–Crippen LogP) is 4.35. The van der Waals surface area contributed by atoms with Gasteiger partial charge in [0.25, 0.3) is 0 Å².